The van der Waals surface area contributed by atoms with Crippen molar-refractivity contribution in [2.24, 2.45) is 5.92 Å². The van der Waals surface area contributed by atoms with Gasteiger partial charge in [0.1, 0.15) is 0 Å². The molecule has 21 heavy (non-hydrogen) atoms. The molecule has 1 heteroatoms. The van der Waals surface area contributed by atoms with Crippen LogP contribution in [-0.2, 0) is 6.42 Å². The van der Waals surface area contributed by atoms with Crippen molar-refractivity contribution in [2.45, 2.75) is 34.1 Å². The Morgan fingerprint density at radius 3 is 2.38 bits per heavy atom. The van der Waals surface area contributed by atoms with E-state index < -0.39 is 0 Å². The molecule has 0 amide bonds. The number of allylic oxidation sites excluding steroid dienone is 1. The predicted octanol–water partition coefficient (Wildman–Crippen LogP) is 5.76. The van der Waals surface area contributed by atoms with Crippen LogP contribution in [0.2, 0.25) is 0 Å². The average molecular weight is 296 g/mol. The Kier molecular flexibility index (Phi) is 5.30. The molecule has 2 rings (SSSR count). The van der Waals surface area contributed by atoms with Gasteiger partial charge in [-0.3, -0.25) is 0 Å². The molecule has 0 aliphatic carbocycles. The fourth-order valence-corrected chi connectivity index (χ4v) is 2.67. The molecule has 2 aromatic carbocycles. The maximum absolute atomic E-state index is 4.72. The molecule has 0 nitrogen and oxygen atoms in total. The number of hydrogen-bond acceptors (Lipinski definition) is 1. The van der Waals surface area contributed by atoms with Gasteiger partial charge in [0.05, 0.1) is 0 Å². The summed E-state index contributed by atoms with van der Waals surface area (Å²) in [5, 5.41) is 0. The van der Waals surface area contributed by atoms with E-state index in [1.54, 1.807) is 0 Å². The third-order valence-corrected chi connectivity index (χ3v) is 4.68. The van der Waals surface area contributed by atoms with Crippen molar-refractivity contribution >= 4 is 18.7 Å². The maximum Gasteiger partial charge on any atom is -0.00922 e. The monoisotopic (exact) mass is 296 g/mol. The van der Waals surface area contributed by atoms with Gasteiger partial charge < -0.3 is 0 Å². The summed E-state index contributed by atoms with van der Waals surface area (Å²) in [5.74, 6) is 0.426. The summed E-state index contributed by atoms with van der Waals surface area (Å²) in [6.45, 7) is 8.71. The minimum atomic E-state index is 0.426. The summed E-state index contributed by atoms with van der Waals surface area (Å²) >= 11 is 4.72. The van der Waals surface area contributed by atoms with Crippen molar-refractivity contribution in [1.82, 2.24) is 0 Å². The van der Waals surface area contributed by atoms with E-state index >= 15 is 0 Å². The minimum Gasteiger partial charge on any atom is -0.148 e. The zero-order valence-electron chi connectivity index (χ0n) is 13.4. The van der Waals surface area contributed by atoms with E-state index in [0.29, 0.717) is 5.92 Å². The van der Waals surface area contributed by atoms with E-state index in [2.05, 4.69) is 76.2 Å². The van der Waals surface area contributed by atoms with Gasteiger partial charge in [0.25, 0.3) is 0 Å². The van der Waals surface area contributed by atoms with Crippen LogP contribution in [0.3, 0.4) is 0 Å². The fourth-order valence-electron chi connectivity index (χ4n) is 2.44. The normalized spacial score (nSPS) is 13.3. The van der Waals surface area contributed by atoms with Crippen LogP contribution in [0.15, 0.2) is 47.4 Å². The molecule has 0 bridgehead atoms. The van der Waals surface area contributed by atoms with Crippen LogP contribution in [0.25, 0.3) is 6.08 Å². The van der Waals surface area contributed by atoms with Crippen LogP contribution >= 0.6 is 12.6 Å². The molecule has 0 spiro atoms. The van der Waals surface area contributed by atoms with E-state index in [9.17, 15) is 0 Å². The van der Waals surface area contributed by atoms with Gasteiger partial charge in [0.15, 0.2) is 0 Å². The van der Waals surface area contributed by atoms with Crippen LogP contribution in [0, 0.1) is 26.7 Å². The first-order valence-electron chi connectivity index (χ1n) is 7.49. The van der Waals surface area contributed by atoms with Gasteiger partial charge in [-0.1, -0.05) is 49.4 Å². The lowest BCUT2D eigenvalue weighted by molar-refractivity contribution is 0.716. The molecule has 110 valence electrons. The van der Waals surface area contributed by atoms with Gasteiger partial charge >= 0.3 is 0 Å². The van der Waals surface area contributed by atoms with Crippen molar-refractivity contribution in [3.8, 4) is 0 Å². The van der Waals surface area contributed by atoms with Crippen LogP contribution in [0.4, 0.5) is 0 Å². The van der Waals surface area contributed by atoms with E-state index in [-0.39, 0.29) is 0 Å². The molecule has 0 aromatic heterocycles. The summed E-state index contributed by atoms with van der Waals surface area (Å²) in [4.78, 5) is 1.14. The second-order valence-corrected chi connectivity index (χ2v) is 6.47. The van der Waals surface area contributed by atoms with Gasteiger partial charge in [0.2, 0.25) is 0 Å². The molecular formula is C20H24S. The molecular weight excluding hydrogens is 272 g/mol. The van der Waals surface area contributed by atoms with E-state index in [1.165, 1.54) is 27.8 Å². The Morgan fingerprint density at radius 1 is 1.00 bits per heavy atom. The Hall–Kier alpha value is -1.47. The zero-order valence-corrected chi connectivity index (χ0v) is 14.2. The first-order chi connectivity index (χ1) is 9.97. The number of aryl methyl sites for hydroxylation is 3. The third-order valence-electron chi connectivity index (χ3n) is 4.11. The topological polar surface area (TPSA) is 0 Å². The van der Waals surface area contributed by atoms with Crippen molar-refractivity contribution in [3.05, 3.63) is 75.2 Å². The van der Waals surface area contributed by atoms with Gasteiger partial charge in [-0.05, 0) is 71.9 Å². The summed E-state index contributed by atoms with van der Waals surface area (Å²) < 4.78 is 0. The highest BCUT2D eigenvalue weighted by molar-refractivity contribution is 7.84. The smallest absolute Gasteiger partial charge is 0.00922 e. The largest absolute Gasteiger partial charge is 0.148 e. The number of hydrogen-bond donors (Lipinski definition) is 1. The third kappa shape index (κ3) is 4.25. The molecule has 0 aliphatic rings. The lowest BCUT2D eigenvalue weighted by Gasteiger charge is -2.13. The first-order valence-corrected chi connectivity index (χ1v) is 7.94. The Balaban J connectivity index is 2.14. The van der Waals surface area contributed by atoms with Gasteiger partial charge in [-0.15, -0.1) is 12.6 Å². The van der Waals surface area contributed by atoms with Crippen LogP contribution in [0.1, 0.15) is 34.7 Å². The van der Waals surface area contributed by atoms with E-state index in [4.69, 9.17) is 12.6 Å². The molecule has 1 unspecified atom stereocenters. The predicted molar refractivity (Wildman–Crippen MR) is 96.9 cm³/mol. The Labute approximate surface area is 134 Å². The van der Waals surface area contributed by atoms with Gasteiger partial charge in [-0.25, -0.2) is 0 Å². The average Bonchev–Trinajstić information content (AvgIpc) is 2.45. The van der Waals surface area contributed by atoms with Crippen molar-refractivity contribution in [3.63, 3.8) is 0 Å². The quantitative estimate of drug-likeness (QED) is 0.681. The molecule has 0 fully saturated rings. The SMILES string of the molecule is Cc1ccc(CC(C)/C(S)=C/c2ccccc2C)cc1C. The Morgan fingerprint density at radius 2 is 1.71 bits per heavy atom. The van der Waals surface area contributed by atoms with Crippen molar-refractivity contribution in [1.29, 1.82) is 0 Å². The Bertz CT molecular complexity index is 653. The van der Waals surface area contributed by atoms with Gasteiger partial charge in [-0.2, -0.15) is 0 Å². The lowest BCUT2D eigenvalue weighted by atomic mass is 9.96. The van der Waals surface area contributed by atoms with E-state index in [0.717, 1.165) is 11.3 Å². The van der Waals surface area contributed by atoms with E-state index in [1.807, 2.05) is 0 Å². The summed E-state index contributed by atoms with van der Waals surface area (Å²) in [6, 6.07) is 15.2. The molecule has 0 N–H and O–H groups in total. The highest BCUT2D eigenvalue weighted by Gasteiger charge is 2.08. The number of thiol groups is 1. The minimum absolute atomic E-state index is 0.426. The standard InChI is InChI=1S/C20H24S/c1-14-9-10-18(11-16(14)3)12-17(4)20(21)13-19-8-6-5-7-15(19)2/h5-11,13,17,21H,12H2,1-4H3/b20-13-. The summed E-state index contributed by atoms with van der Waals surface area (Å²) in [5.41, 5.74) is 6.66. The van der Waals surface area contributed by atoms with Crippen molar-refractivity contribution in [2.75, 3.05) is 0 Å². The number of rotatable bonds is 4. The molecule has 0 saturated heterocycles. The molecule has 2 aromatic rings. The molecule has 0 aliphatic heterocycles. The summed E-state index contributed by atoms with van der Waals surface area (Å²) in [6.07, 6.45) is 3.23. The summed E-state index contributed by atoms with van der Waals surface area (Å²) in [7, 11) is 0. The molecule has 1 atom stereocenters. The fraction of sp³-hybridized carbons (Fsp3) is 0.300. The van der Waals surface area contributed by atoms with Crippen LogP contribution < -0.4 is 0 Å². The molecule has 0 heterocycles. The highest BCUT2D eigenvalue weighted by Crippen LogP contribution is 2.24. The molecule has 0 saturated carbocycles. The van der Waals surface area contributed by atoms with Crippen LogP contribution in [-0.4, -0.2) is 0 Å². The molecule has 0 radical (unpaired) electrons. The second kappa shape index (κ2) is 7.00. The first kappa shape index (κ1) is 15.9. The van der Waals surface area contributed by atoms with Crippen molar-refractivity contribution < 1.29 is 0 Å². The number of benzene rings is 2. The zero-order chi connectivity index (χ0) is 15.4. The lowest BCUT2D eigenvalue weighted by Crippen LogP contribution is -2.01. The second-order valence-electron chi connectivity index (χ2n) is 5.95. The van der Waals surface area contributed by atoms with Crippen LogP contribution in [0.5, 0.6) is 0 Å². The van der Waals surface area contributed by atoms with Gasteiger partial charge in [0, 0.05) is 0 Å². The maximum atomic E-state index is 4.72. The highest BCUT2D eigenvalue weighted by atomic mass is 32.1.